The Morgan fingerprint density at radius 3 is 2.59 bits per heavy atom. The molecule has 1 fully saturated rings. The van der Waals surface area contributed by atoms with Crippen LogP contribution in [0.5, 0.6) is 5.75 Å². The van der Waals surface area contributed by atoms with Crippen LogP contribution in [0.2, 0.25) is 10.0 Å². The first kappa shape index (κ1) is 25.5. The van der Waals surface area contributed by atoms with Crippen LogP contribution in [0.25, 0.3) is 17.0 Å². The van der Waals surface area contributed by atoms with Crippen molar-refractivity contribution in [3.8, 4) is 5.75 Å². The molecule has 0 spiro atoms. The minimum atomic E-state index is -0.329. The Kier molecular flexibility index (Phi) is 7.60. The largest absolute Gasteiger partial charge is 0.493 e. The van der Waals surface area contributed by atoms with E-state index in [-0.39, 0.29) is 17.7 Å². The molecule has 1 aliphatic heterocycles. The van der Waals surface area contributed by atoms with Gasteiger partial charge in [0.05, 0.1) is 18.1 Å². The van der Waals surface area contributed by atoms with Crippen LogP contribution in [0.1, 0.15) is 23.1 Å². The van der Waals surface area contributed by atoms with Crippen LogP contribution in [-0.2, 0) is 17.9 Å². The molecule has 0 aliphatic carbocycles. The molecule has 3 aromatic carbocycles. The Hall–Kier alpha value is -3.19. The maximum absolute atomic E-state index is 13.1. The first-order valence-electron chi connectivity index (χ1n) is 11.9. The van der Waals surface area contributed by atoms with Crippen LogP contribution in [-0.4, -0.2) is 27.2 Å². The molecule has 1 saturated heterocycles. The highest BCUT2D eigenvalue weighted by Crippen LogP contribution is 2.36. The van der Waals surface area contributed by atoms with Gasteiger partial charge in [-0.1, -0.05) is 65.7 Å². The van der Waals surface area contributed by atoms with Gasteiger partial charge in [-0.2, -0.15) is 0 Å². The molecule has 8 heteroatoms. The fraction of sp³-hybridized carbons (Fsp3) is 0.172. The average Bonchev–Trinajstić information content (AvgIpc) is 3.36. The molecule has 2 amide bonds. The van der Waals surface area contributed by atoms with Crippen LogP contribution < -0.4 is 4.74 Å². The number of carbonyl (C=O) groups is 2. The lowest BCUT2D eigenvalue weighted by Gasteiger charge is -2.13. The highest BCUT2D eigenvalue weighted by atomic mass is 35.5. The average molecular weight is 551 g/mol. The molecule has 0 saturated carbocycles. The number of halogens is 2. The third-order valence-corrected chi connectivity index (χ3v) is 7.71. The normalized spacial score (nSPS) is 14.8. The highest BCUT2D eigenvalue weighted by molar-refractivity contribution is 8.18. The van der Waals surface area contributed by atoms with Gasteiger partial charge < -0.3 is 9.30 Å². The summed E-state index contributed by atoms with van der Waals surface area (Å²) in [6.45, 7) is 3.49. The summed E-state index contributed by atoms with van der Waals surface area (Å²) < 4.78 is 8.12. The van der Waals surface area contributed by atoms with E-state index in [1.165, 1.54) is 4.90 Å². The number of hydrogen-bond acceptors (Lipinski definition) is 4. The Labute approximate surface area is 229 Å². The van der Waals surface area contributed by atoms with E-state index in [4.69, 9.17) is 27.9 Å². The molecule has 0 radical (unpaired) electrons. The third kappa shape index (κ3) is 5.57. The summed E-state index contributed by atoms with van der Waals surface area (Å²) in [5.41, 5.74) is 3.74. The third-order valence-electron chi connectivity index (χ3n) is 6.22. The van der Waals surface area contributed by atoms with Gasteiger partial charge in [0.1, 0.15) is 5.75 Å². The number of hydrogen-bond donors (Lipinski definition) is 0. The number of carbonyl (C=O) groups excluding carboxylic acids is 2. The molecule has 2 heterocycles. The van der Waals surface area contributed by atoms with E-state index in [1.807, 2.05) is 55.6 Å². The number of thioether (sulfide) groups is 1. The summed E-state index contributed by atoms with van der Waals surface area (Å²) in [6.07, 6.45) is 4.66. The van der Waals surface area contributed by atoms with E-state index in [2.05, 4.69) is 10.6 Å². The van der Waals surface area contributed by atoms with Crippen molar-refractivity contribution >= 4 is 63.1 Å². The molecule has 5 nitrogen and oxygen atoms in total. The van der Waals surface area contributed by atoms with Gasteiger partial charge in [-0.05, 0) is 66.6 Å². The molecule has 5 rings (SSSR count). The van der Waals surface area contributed by atoms with Gasteiger partial charge in [0.2, 0.25) is 0 Å². The predicted molar refractivity (Wildman–Crippen MR) is 151 cm³/mol. The second kappa shape index (κ2) is 11.1. The number of fused-ring (bicyclic) bond motifs is 1. The van der Waals surface area contributed by atoms with Crippen LogP contribution >= 0.6 is 35.0 Å². The van der Waals surface area contributed by atoms with Crippen LogP contribution in [0, 0.1) is 6.92 Å². The van der Waals surface area contributed by atoms with Gasteiger partial charge in [0, 0.05) is 39.3 Å². The van der Waals surface area contributed by atoms with Gasteiger partial charge in [0.25, 0.3) is 11.1 Å². The van der Waals surface area contributed by atoms with Gasteiger partial charge in [-0.25, -0.2) is 0 Å². The zero-order valence-electron chi connectivity index (χ0n) is 20.1. The molecule has 4 aromatic rings. The molecule has 188 valence electrons. The summed E-state index contributed by atoms with van der Waals surface area (Å²) in [5, 5.41) is 1.63. The first-order valence-corrected chi connectivity index (χ1v) is 13.4. The van der Waals surface area contributed by atoms with E-state index in [1.54, 1.807) is 24.3 Å². The quantitative estimate of drug-likeness (QED) is 0.165. The Balaban J connectivity index is 1.32. The van der Waals surface area contributed by atoms with Crippen molar-refractivity contribution in [1.82, 2.24) is 9.47 Å². The Morgan fingerprint density at radius 1 is 1.00 bits per heavy atom. The number of nitrogens with zero attached hydrogens (tertiary/aromatic N) is 2. The summed E-state index contributed by atoms with van der Waals surface area (Å²) in [7, 11) is 0. The van der Waals surface area contributed by atoms with Crippen molar-refractivity contribution in [3.05, 3.63) is 105 Å². The molecule has 0 atom stereocenters. The number of rotatable bonds is 8. The number of benzene rings is 3. The van der Waals surface area contributed by atoms with Crippen molar-refractivity contribution < 1.29 is 14.3 Å². The van der Waals surface area contributed by atoms with Gasteiger partial charge in [0.15, 0.2) is 0 Å². The minimum Gasteiger partial charge on any atom is -0.493 e. The maximum atomic E-state index is 13.1. The molecule has 0 unspecified atom stereocenters. The Bertz CT molecular complexity index is 1530. The van der Waals surface area contributed by atoms with Crippen molar-refractivity contribution in [1.29, 1.82) is 0 Å². The zero-order chi connectivity index (χ0) is 25.9. The van der Waals surface area contributed by atoms with Crippen molar-refractivity contribution in [2.24, 2.45) is 0 Å². The lowest BCUT2D eigenvalue weighted by molar-refractivity contribution is -0.123. The number of aryl methyl sites for hydroxylation is 2. The second-order valence-electron chi connectivity index (χ2n) is 8.77. The summed E-state index contributed by atoms with van der Waals surface area (Å²) in [4.78, 5) is 27.4. The SMILES string of the molecule is Cc1ccccc1OCCCn1cc(/C=C2\SC(=O)N(Cc3ccc(Cl)cc3Cl)C2=O)c2ccccc21. The summed E-state index contributed by atoms with van der Waals surface area (Å²) in [5.74, 6) is 0.570. The van der Waals surface area contributed by atoms with Crippen molar-refractivity contribution in [2.45, 2.75) is 26.4 Å². The van der Waals surface area contributed by atoms with Crippen LogP contribution in [0.3, 0.4) is 0 Å². The smallest absolute Gasteiger partial charge is 0.293 e. The van der Waals surface area contributed by atoms with E-state index in [0.29, 0.717) is 27.1 Å². The fourth-order valence-electron chi connectivity index (χ4n) is 4.31. The number of ether oxygens (including phenoxy) is 1. The lowest BCUT2D eigenvalue weighted by atomic mass is 10.1. The fourth-order valence-corrected chi connectivity index (χ4v) is 5.61. The van der Waals surface area contributed by atoms with E-state index >= 15 is 0 Å². The zero-order valence-corrected chi connectivity index (χ0v) is 22.4. The molecule has 0 N–H and O–H groups in total. The van der Waals surface area contributed by atoms with Gasteiger partial charge in [-0.3, -0.25) is 14.5 Å². The van der Waals surface area contributed by atoms with Crippen molar-refractivity contribution in [2.75, 3.05) is 6.61 Å². The first-order chi connectivity index (χ1) is 17.9. The lowest BCUT2D eigenvalue weighted by Crippen LogP contribution is -2.27. The number of imide groups is 1. The van der Waals surface area contributed by atoms with E-state index in [0.717, 1.165) is 52.5 Å². The Morgan fingerprint density at radius 2 is 1.78 bits per heavy atom. The molecular formula is C29H24Cl2N2O3S. The maximum Gasteiger partial charge on any atom is 0.293 e. The second-order valence-corrected chi connectivity index (χ2v) is 10.6. The summed E-state index contributed by atoms with van der Waals surface area (Å²) in [6, 6.07) is 21.1. The molecular weight excluding hydrogens is 527 g/mol. The number of amides is 2. The predicted octanol–water partition coefficient (Wildman–Crippen LogP) is 7.96. The number of aromatic nitrogens is 1. The van der Waals surface area contributed by atoms with E-state index < -0.39 is 0 Å². The van der Waals surface area contributed by atoms with E-state index in [9.17, 15) is 9.59 Å². The van der Waals surface area contributed by atoms with Crippen LogP contribution in [0.15, 0.2) is 77.8 Å². The minimum absolute atomic E-state index is 0.0979. The summed E-state index contributed by atoms with van der Waals surface area (Å²) >= 11 is 13.2. The molecule has 1 aromatic heterocycles. The van der Waals surface area contributed by atoms with Crippen molar-refractivity contribution in [3.63, 3.8) is 0 Å². The molecule has 0 bridgehead atoms. The number of para-hydroxylation sites is 2. The molecule has 37 heavy (non-hydrogen) atoms. The van der Waals surface area contributed by atoms with Gasteiger partial charge >= 0.3 is 0 Å². The van der Waals surface area contributed by atoms with Crippen LogP contribution in [0.4, 0.5) is 4.79 Å². The highest BCUT2D eigenvalue weighted by Gasteiger charge is 2.35. The molecule has 1 aliphatic rings. The topological polar surface area (TPSA) is 51.5 Å². The van der Waals surface area contributed by atoms with Gasteiger partial charge in [-0.15, -0.1) is 0 Å². The monoisotopic (exact) mass is 550 g/mol. The standard InChI is InChI=1S/C29H24Cl2N2O3S/c1-19-7-2-5-10-26(19)36-14-6-13-32-17-21(23-8-3-4-9-25(23)32)15-27-28(34)33(29(35)37-27)18-20-11-12-22(30)16-24(20)31/h2-5,7-12,15-17H,6,13-14,18H2,1H3/b27-15-.